The van der Waals surface area contributed by atoms with Gasteiger partial charge in [0.1, 0.15) is 17.9 Å². The molecule has 0 bridgehead atoms. The van der Waals surface area contributed by atoms with Gasteiger partial charge in [-0.1, -0.05) is 25.1 Å². The van der Waals surface area contributed by atoms with Crippen molar-refractivity contribution in [3.8, 4) is 0 Å². The van der Waals surface area contributed by atoms with Crippen molar-refractivity contribution in [3.05, 3.63) is 65.3 Å². The molecule has 3 amide bonds. The number of nitrogens with two attached hydrogens (primary N) is 1. The Bertz CT molecular complexity index is 1240. The number of para-hydroxylation sites is 1. The number of amides is 3. The first-order valence-corrected chi connectivity index (χ1v) is 10.1. The predicted molar refractivity (Wildman–Crippen MR) is 118 cm³/mol. The first-order valence-electron chi connectivity index (χ1n) is 9.69. The number of benzene rings is 1. The van der Waals surface area contributed by atoms with Crippen LogP contribution in [0.3, 0.4) is 0 Å². The number of nitrogens with zero attached hydrogens (tertiary/aromatic N) is 2. The lowest BCUT2D eigenvalue weighted by Crippen LogP contribution is -2.53. The molecule has 31 heavy (non-hydrogen) atoms. The van der Waals surface area contributed by atoms with Gasteiger partial charge in [0, 0.05) is 17.1 Å². The molecule has 1 aromatic carbocycles. The van der Waals surface area contributed by atoms with E-state index in [1.807, 2.05) is 25.1 Å². The van der Waals surface area contributed by atoms with Crippen LogP contribution in [0.25, 0.3) is 17.0 Å². The number of hydrogen-bond acceptors (Lipinski definition) is 5. The van der Waals surface area contributed by atoms with Crippen molar-refractivity contribution < 1.29 is 18.8 Å². The molecule has 1 aliphatic heterocycles. The van der Waals surface area contributed by atoms with E-state index in [0.717, 1.165) is 22.9 Å². The molecular formula is C22H20N4O4S. The zero-order chi connectivity index (χ0) is 22.1. The monoisotopic (exact) mass is 436 g/mol. The second-order valence-electron chi connectivity index (χ2n) is 7.13. The third-order valence-electron chi connectivity index (χ3n) is 5.10. The van der Waals surface area contributed by atoms with Crippen molar-refractivity contribution in [2.45, 2.75) is 26.4 Å². The number of thiocarbonyl (C=S) groups is 1. The van der Waals surface area contributed by atoms with Gasteiger partial charge in [0.15, 0.2) is 5.11 Å². The van der Waals surface area contributed by atoms with E-state index in [1.54, 1.807) is 22.9 Å². The number of furan rings is 1. The molecule has 3 aromatic rings. The molecule has 9 heteroatoms. The van der Waals surface area contributed by atoms with Crippen LogP contribution in [-0.4, -0.2) is 32.3 Å². The molecule has 1 saturated heterocycles. The van der Waals surface area contributed by atoms with E-state index in [1.165, 1.54) is 17.2 Å². The molecule has 3 N–H and O–H groups in total. The quantitative estimate of drug-likeness (QED) is 0.349. The molecular weight excluding hydrogens is 416 g/mol. The Hall–Kier alpha value is -3.72. The third kappa shape index (κ3) is 3.87. The summed E-state index contributed by atoms with van der Waals surface area (Å²) in [5, 5.41) is 3.40. The van der Waals surface area contributed by atoms with E-state index in [9.17, 15) is 14.4 Å². The number of fused-ring (bicyclic) bond motifs is 1. The van der Waals surface area contributed by atoms with Crippen LogP contribution in [-0.2, 0) is 33.9 Å². The number of primary amides is 1. The summed E-state index contributed by atoms with van der Waals surface area (Å²) < 4.78 is 7.05. The van der Waals surface area contributed by atoms with Crippen LogP contribution in [0.4, 0.5) is 0 Å². The van der Waals surface area contributed by atoms with Gasteiger partial charge in [0.25, 0.3) is 11.8 Å². The average molecular weight is 436 g/mol. The Morgan fingerprint density at radius 1 is 1.26 bits per heavy atom. The van der Waals surface area contributed by atoms with Gasteiger partial charge in [-0.3, -0.25) is 24.6 Å². The third-order valence-corrected chi connectivity index (χ3v) is 5.42. The maximum Gasteiger partial charge on any atom is 0.266 e. The largest absolute Gasteiger partial charge is 0.467 e. The molecule has 0 radical (unpaired) electrons. The smallest absolute Gasteiger partial charge is 0.266 e. The summed E-state index contributed by atoms with van der Waals surface area (Å²) in [6.07, 6.45) is 5.50. The van der Waals surface area contributed by atoms with Gasteiger partial charge >= 0.3 is 0 Å². The maximum atomic E-state index is 13.1. The van der Waals surface area contributed by atoms with Crippen LogP contribution in [0.1, 0.15) is 23.8 Å². The van der Waals surface area contributed by atoms with Gasteiger partial charge in [-0.15, -0.1) is 0 Å². The Labute approximate surface area is 183 Å². The summed E-state index contributed by atoms with van der Waals surface area (Å²) in [6, 6.07) is 9.19. The zero-order valence-corrected chi connectivity index (χ0v) is 17.6. The van der Waals surface area contributed by atoms with Gasteiger partial charge in [-0.25, -0.2) is 0 Å². The van der Waals surface area contributed by atoms with Crippen LogP contribution in [0.2, 0.25) is 0 Å². The first-order chi connectivity index (χ1) is 14.9. The molecule has 0 saturated carbocycles. The summed E-state index contributed by atoms with van der Waals surface area (Å²) in [4.78, 5) is 38.6. The topological polar surface area (TPSA) is 111 Å². The highest BCUT2D eigenvalue weighted by Gasteiger charge is 2.34. The molecule has 4 rings (SSSR count). The molecule has 0 aliphatic carbocycles. The summed E-state index contributed by atoms with van der Waals surface area (Å²) in [7, 11) is 0. The van der Waals surface area contributed by atoms with Gasteiger partial charge < -0.3 is 14.7 Å². The summed E-state index contributed by atoms with van der Waals surface area (Å²) in [5.74, 6) is -1.04. The first kappa shape index (κ1) is 20.5. The highest BCUT2D eigenvalue weighted by molar-refractivity contribution is 7.80. The Morgan fingerprint density at radius 2 is 2.06 bits per heavy atom. The van der Waals surface area contributed by atoms with E-state index in [4.69, 9.17) is 22.4 Å². The number of rotatable bonds is 6. The van der Waals surface area contributed by atoms with Gasteiger partial charge in [0.2, 0.25) is 5.91 Å². The summed E-state index contributed by atoms with van der Waals surface area (Å²) in [6.45, 7) is 2.11. The fourth-order valence-corrected chi connectivity index (χ4v) is 3.95. The van der Waals surface area contributed by atoms with E-state index in [0.29, 0.717) is 11.3 Å². The zero-order valence-electron chi connectivity index (χ0n) is 16.8. The predicted octanol–water partition coefficient (Wildman–Crippen LogP) is 2.11. The number of nitrogens with one attached hydrogen (secondary N) is 1. The van der Waals surface area contributed by atoms with E-state index in [2.05, 4.69) is 5.32 Å². The van der Waals surface area contributed by atoms with E-state index >= 15 is 0 Å². The number of carbonyl (C=O) groups excluding carboxylic acids is 3. The fraction of sp³-hybridized carbons (Fsp3) is 0.182. The minimum absolute atomic E-state index is 0.00840. The lowest BCUT2D eigenvalue weighted by Gasteiger charge is -2.28. The maximum absolute atomic E-state index is 13.1. The molecule has 0 unspecified atom stereocenters. The normalized spacial score (nSPS) is 15.7. The molecule has 0 atom stereocenters. The molecule has 1 aliphatic rings. The van der Waals surface area contributed by atoms with Crippen molar-refractivity contribution in [3.63, 3.8) is 0 Å². The highest BCUT2D eigenvalue weighted by Crippen LogP contribution is 2.28. The van der Waals surface area contributed by atoms with Crippen molar-refractivity contribution in [2.24, 2.45) is 5.73 Å². The lowest BCUT2D eigenvalue weighted by molar-refractivity contribution is -0.129. The van der Waals surface area contributed by atoms with Crippen molar-refractivity contribution in [1.82, 2.24) is 14.8 Å². The highest BCUT2D eigenvalue weighted by atomic mass is 32.1. The summed E-state index contributed by atoms with van der Waals surface area (Å²) in [5.41, 5.74) is 7.88. The number of aryl methyl sites for hydroxylation is 1. The molecule has 158 valence electrons. The number of carbonyl (C=O) groups is 3. The van der Waals surface area contributed by atoms with Gasteiger partial charge in [0.05, 0.1) is 18.3 Å². The van der Waals surface area contributed by atoms with Crippen LogP contribution < -0.4 is 11.1 Å². The van der Waals surface area contributed by atoms with E-state index < -0.39 is 17.7 Å². The van der Waals surface area contributed by atoms with Crippen molar-refractivity contribution in [1.29, 1.82) is 0 Å². The standard InChI is InChI=1S/C22H20N4O4S/c1-2-13-5-3-7-16-14(10-25(19(13)16)12-18(23)27)9-17-20(28)24-22(31)26(21(17)29)11-15-6-4-8-30-15/h3-10H,2,11-12H2,1H3,(H2,23,27)(H,24,28,31). The lowest BCUT2D eigenvalue weighted by atomic mass is 10.0. The van der Waals surface area contributed by atoms with Crippen LogP contribution in [0, 0.1) is 0 Å². The Balaban J connectivity index is 1.79. The van der Waals surface area contributed by atoms with Crippen molar-refractivity contribution >= 4 is 52.0 Å². The van der Waals surface area contributed by atoms with Crippen LogP contribution in [0.15, 0.2) is 52.8 Å². The van der Waals surface area contributed by atoms with E-state index in [-0.39, 0.29) is 23.8 Å². The van der Waals surface area contributed by atoms with Crippen molar-refractivity contribution in [2.75, 3.05) is 0 Å². The molecule has 8 nitrogen and oxygen atoms in total. The SMILES string of the molecule is CCc1cccc2c(C=C3C(=O)NC(=S)N(Cc4ccco4)C3=O)cn(CC(N)=O)c12. The Morgan fingerprint density at radius 3 is 2.74 bits per heavy atom. The van der Waals surface area contributed by atoms with Gasteiger partial charge in [-0.05, 0) is 42.4 Å². The second-order valence-corrected chi connectivity index (χ2v) is 7.52. The summed E-state index contributed by atoms with van der Waals surface area (Å²) >= 11 is 5.18. The molecule has 2 aromatic heterocycles. The molecule has 0 spiro atoms. The molecule has 1 fully saturated rings. The molecule has 3 heterocycles. The average Bonchev–Trinajstić information content (AvgIpc) is 3.36. The second kappa shape index (κ2) is 8.19. The number of aromatic nitrogens is 1. The minimum Gasteiger partial charge on any atom is -0.467 e. The van der Waals surface area contributed by atoms with Crippen LogP contribution >= 0.6 is 12.2 Å². The number of hydrogen-bond donors (Lipinski definition) is 2. The fourth-order valence-electron chi connectivity index (χ4n) is 3.71. The van der Waals surface area contributed by atoms with Gasteiger partial charge in [-0.2, -0.15) is 0 Å². The Kier molecular flexibility index (Phi) is 5.43. The minimum atomic E-state index is -0.576. The van der Waals surface area contributed by atoms with Crippen LogP contribution in [0.5, 0.6) is 0 Å².